The Bertz CT molecular complexity index is 407. The third kappa shape index (κ3) is 2.28. The Kier molecular flexibility index (Phi) is 3.11. The molecule has 0 saturated carbocycles. The van der Waals surface area contributed by atoms with Crippen LogP contribution in [-0.2, 0) is 28.6 Å². The van der Waals surface area contributed by atoms with Crippen LogP contribution in [0.1, 0.15) is 19.3 Å². The quantitative estimate of drug-likeness (QED) is 0.514. The largest absolute Gasteiger partial charge is 0.534 e. The van der Waals surface area contributed by atoms with Gasteiger partial charge in [0.1, 0.15) is 6.10 Å². The summed E-state index contributed by atoms with van der Waals surface area (Å²) >= 11 is 0. The number of hydrogen-bond donors (Lipinski definition) is 0. The topological polar surface area (TPSA) is 91.4 Å². The van der Waals surface area contributed by atoms with E-state index in [4.69, 9.17) is 14.2 Å². The lowest BCUT2D eigenvalue weighted by Crippen LogP contribution is -2.35. The molecule has 8 nitrogen and oxygen atoms in total. The lowest BCUT2D eigenvalue weighted by Gasteiger charge is -2.17. The number of carbonyl (C=O) groups excluding carboxylic acids is 3. The van der Waals surface area contributed by atoms with Crippen molar-refractivity contribution in [2.75, 3.05) is 13.2 Å². The summed E-state index contributed by atoms with van der Waals surface area (Å²) in [5, 5.41) is 0.459. The fraction of sp³-hybridized carbons (Fsp3) is 0.727. The Labute approximate surface area is 108 Å². The van der Waals surface area contributed by atoms with Crippen molar-refractivity contribution < 1.29 is 33.4 Å². The molecule has 0 aromatic carbocycles. The lowest BCUT2D eigenvalue weighted by atomic mass is 10.0. The van der Waals surface area contributed by atoms with Gasteiger partial charge in [0.15, 0.2) is 6.29 Å². The maximum absolute atomic E-state index is 11.5. The molecule has 2 amide bonds. The zero-order valence-electron chi connectivity index (χ0n) is 10.1. The smallest absolute Gasteiger partial charge is 0.426 e. The highest BCUT2D eigenvalue weighted by molar-refractivity contribution is 6.01. The van der Waals surface area contributed by atoms with E-state index in [0.29, 0.717) is 11.7 Å². The number of hydrogen-bond acceptors (Lipinski definition) is 7. The standard InChI is InChI=1S/C11H13NO7/c13-8-1-2-9(14)12(8)19-11(15)18-7-5-17-10-6(7)3-4-16-10/h6-7,10H,1-5H2/t6-,7-,10+/m0/s1. The minimum atomic E-state index is -1.07. The first-order valence-electron chi connectivity index (χ1n) is 6.13. The zero-order chi connectivity index (χ0) is 13.4. The van der Waals surface area contributed by atoms with Gasteiger partial charge in [0.2, 0.25) is 0 Å². The second kappa shape index (κ2) is 4.78. The zero-order valence-corrected chi connectivity index (χ0v) is 10.1. The van der Waals surface area contributed by atoms with Gasteiger partial charge in [0.25, 0.3) is 11.8 Å². The summed E-state index contributed by atoms with van der Waals surface area (Å²) in [7, 11) is 0. The Balaban J connectivity index is 1.54. The molecule has 0 aromatic rings. The Hall–Kier alpha value is -1.67. The van der Waals surface area contributed by atoms with Crippen LogP contribution in [0.5, 0.6) is 0 Å². The summed E-state index contributed by atoms with van der Waals surface area (Å²) in [4.78, 5) is 38.7. The van der Waals surface area contributed by atoms with Crippen molar-refractivity contribution >= 4 is 18.0 Å². The van der Waals surface area contributed by atoms with E-state index < -0.39 is 24.1 Å². The van der Waals surface area contributed by atoms with E-state index in [1.165, 1.54) is 0 Å². The number of nitrogens with zero attached hydrogens (tertiary/aromatic N) is 1. The van der Waals surface area contributed by atoms with Gasteiger partial charge in [-0.2, -0.15) is 0 Å². The number of imide groups is 1. The number of amides is 2. The first kappa shape index (κ1) is 12.4. The highest BCUT2D eigenvalue weighted by atomic mass is 16.8. The minimum absolute atomic E-state index is 0.0162. The average molecular weight is 271 g/mol. The van der Waals surface area contributed by atoms with Crippen molar-refractivity contribution in [2.45, 2.75) is 31.7 Å². The Morgan fingerprint density at radius 1 is 1.21 bits per heavy atom. The summed E-state index contributed by atoms with van der Waals surface area (Å²) in [6.07, 6.45) is -1.02. The summed E-state index contributed by atoms with van der Waals surface area (Å²) in [5.74, 6) is -1.09. The second-order valence-electron chi connectivity index (χ2n) is 4.60. The van der Waals surface area contributed by atoms with Crippen LogP contribution in [0.3, 0.4) is 0 Å². The summed E-state index contributed by atoms with van der Waals surface area (Å²) in [5.41, 5.74) is 0. The molecule has 104 valence electrons. The molecular weight excluding hydrogens is 258 g/mol. The fourth-order valence-electron chi connectivity index (χ4n) is 2.43. The molecule has 3 fully saturated rings. The van der Waals surface area contributed by atoms with Gasteiger partial charge in [-0.15, -0.1) is 0 Å². The van der Waals surface area contributed by atoms with Crippen LogP contribution in [0.15, 0.2) is 0 Å². The molecule has 0 radical (unpaired) electrons. The van der Waals surface area contributed by atoms with Crippen molar-refractivity contribution in [3.8, 4) is 0 Å². The maximum Gasteiger partial charge on any atom is 0.534 e. The third-order valence-electron chi connectivity index (χ3n) is 3.40. The minimum Gasteiger partial charge on any atom is -0.426 e. The van der Waals surface area contributed by atoms with Crippen LogP contribution in [0, 0.1) is 5.92 Å². The predicted octanol–water partition coefficient (Wildman–Crippen LogP) is -0.0350. The Morgan fingerprint density at radius 2 is 1.95 bits per heavy atom. The van der Waals surface area contributed by atoms with E-state index in [1.54, 1.807) is 0 Å². The molecule has 19 heavy (non-hydrogen) atoms. The highest BCUT2D eigenvalue weighted by Gasteiger charge is 2.44. The molecule has 0 unspecified atom stereocenters. The lowest BCUT2D eigenvalue weighted by molar-refractivity contribution is -0.179. The van der Waals surface area contributed by atoms with E-state index in [9.17, 15) is 14.4 Å². The third-order valence-corrected chi connectivity index (χ3v) is 3.40. The monoisotopic (exact) mass is 271 g/mol. The molecule has 3 rings (SSSR count). The van der Waals surface area contributed by atoms with E-state index in [1.807, 2.05) is 0 Å². The highest BCUT2D eigenvalue weighted by Crippen LogP contribution is 2.33. The van der Waals surface area contributed by atoms with E-state index >= 15 is 0 Å². The molecule has 0 bridgehead atoms. The van der Waals surface area contributed by atoms with Crippen molar-refractivity contribution in [1.82, 2.24) is 5.06 Å². The van der Waals surface area contributed by atoms with Crippen molar-refractivity contribution in [2.24, 2.45) is 5.92 Å². The predicted molar refractivity (Wildman–Crippen MR) is 56.2 cm³/mol. The van der Waals surface area contributed by atoms with Crippen LogP contribution < -0.4 is 0 Å². The molecule has 3 saturated heterocycles. The van der Waals surface area contributed by atoms with E-state index in [0.717, 1.165) is 6.42 Å². The molecule has 0 spiro atoms. The summed E-state index contributed by atoms with van der Waals surface area (Å²) in [6.45, 7) is 0.791. The number of hydroxylamine groups is 2. The molecule has 0 N–H and O–H groups in total. The normalized spacial score (nSPS) is 33.7. The number of carbonyl (C=O) groups is 3. The number of fused-ring (bicyclic) bond motifs is 1. The number of ether oxygens (including phenoxy) is 3. The van der Waals surface area contributed by atoms with Crippen molar-refractivity contribution in [3.63, 3.8) is 0 Å². The van der Waals surface area contributed by atoms with Crippen molar-refractivity contribution in [3.05, 3.63) is 0 Å². The molecule has 3 aliphatic rings. The van der Waals surface area contributed by atoms with Crippen LogP contribution in [-0.4, -0.2) is 48.6 Å². The summed E-state index contributed by atoms with van der Waals surface area (Å²) in [6, 6.07) is 0. The first-order valence-corrected chi connectivity index (χ1v) is 6.13. The molecule has 3 aliphatic heterocycles. The maximum atomic E-state index is 11.5. The molecule has 3 heterocycles. The van der Waals surface area contributed by atoms with Gasteiger partial charge >= 0.3 is 6.16 Å². The molecule has 0 aromatic heterocycles. The van der Waals surface area contributed by atoms with Gasteiger partial charge in [-0.25, -0.2) is 4.79 Å². The average Bonchev–Trinajstić information content (AvgIpc) is 3.03. The van der Waals surface area contributed by atoms with Crippen molar-refractivity contribution in [1.29, 1.82) is 0 Å². The second-order valence-corrected chi connectivity index (χ2v) is 4.60. The molecule has 8 heteroatoms. The van der Waals surface area contributed by atoms with E-state index in [2.05, 4.69) is 4.84 Å². The fourth-order valence-corrected chi connectivity index (χ4v) is 2.43. The van der Waals surface area contributed by atoms with Crippen LogP contribution in [0.4, 0.5) is 4.79 Å². The van der Waals surface area contributed by atoms with Crippen LogP contribution in [0.25, 0.3) is 0 Å². The molecular formula is C11H13NO7. The molecule has 3 atom stereocenters. The van der Waals surface area contributed by atoms with Gasteiger partial charge < -0.3 is 14.2 Å². The van der Waals surface area contributed by atoms with Crippen LogP contribution >= 0.6 is 0 Å². The van der Waals surface area contributed by atoms with Gasteiger partial charge in [0.05, 0.1) is 19.1 Å². The van der Waals surface area contributed by atoms with Crippen LogP contribution in [0.2, 0.25) is 0 Å². The summed E-state index contributed by atoms with van der Waals surface area (Å²) < 4.78 is 15.7. The first-order chi connectivity index (χ1) is 9.15. The Morgan fingerprint density at radius 3 is 2.68 bits per heavy atom. The van der Waals surface area contributed by atoms with Gasteiger partial charge in [-0.3, -0.25) is 14.4 Å². The van der Waals surface area contributed by atoms with Gasteiger partial charge in [0, 0.05) is 12.8 Å². The SMILES string of the molecule is O=C(O[C@H]1CO[C@H]2OCC[C@H]21)ON1C(=O)CCC1=O. The molecule has 0 aliphatic carbocycles. The van der Waals surface area contributed by atoms with E-state index in [-0.39, 0.29) is 31.7 Å². The van der Waals surface area contributed by atoms with Gasteiger partial charge in [-0.05, 0) is 6.42 Å². The van der Waals surface area contributed by atoms with Gasteiger partial charge in [-0.1, -0.05) is 5.06 Å². The number of rotatable bonds is 2.